The standard InChI is InChI=1S/C10H17N/c1-10(2,3)8-11-9-6-4-5-7-9/h4-7,9,11H,8H2,1-3H3. The first-order valence-corrected chi connectivity index (χ1v) is 4.16. The van der Waals surface area contributed by atoms with Gasteiger partial charge in [0.15, 0.2) is 0 Å². The lowest BCUT2D eigenvalue weighted by atomic mass is 9.96. The van der Waals surface area contributed by atoms with Gasteiger partial charge < -0.3 is 5.32 Å². The predicted molar refractivity (Wildman–Crippen MR) is 49.5 cm³/mol. The maximum Gasteiger partial charge on any atom is 0.0441 e. The second-order valence-electron chi connectivity index (χ2n) is 4.24. The van der Waals surface area contributed by atoms with Crippen molar-refractivity contribution in [3.63, 3.8) is 0 Å². The molecule has 0 fully saturated rings. The highest BCUT2D eigenvalue weighted by Gasteiger charge is 2.11. The van der Waals surface area contributed by atoms with Crippen LogP contribution in [0.4, 0.5) is 0 Å². The molecule has 0 amide bonds. The summed E-state index contributed by atoms with van der Waals surface area (Å²) in [5.74, 6) is 0. The molecule has 62 valence electrons. The molecule has 1 N–H and O–H groups in total. The fourth-order valence-electron chi connectivity index (χ4n) is 0.992. The zero-order valence-corrected chi connectivity index (χ0v) is 7.59. The first-order chi connectivity index (χ1) is 5.08. The lowest BCUT2D eigenvalue weighted by molar-refractivity contribution is 0.377. The molecular weight excluding hydrogens is 134 g/mol. The van der Waals surface area contributed by atoms with E-state index in [1.165, 1.54) is 0 Å². The third-order valence-corrected chi connectivity index (χ3v) is 1.62. The van der Waals surface area contributed by atoms with Gasteiger partial charge in [0.25, 0.3) is 0 Å². The Hall–Kier alpha value is -0.560. The van der Waals surface area contributed by atoms with Crippen LogP contribution in [0.15, 0.2) is 24.3 Å². The van der Waals surface area contributed by atoms with Crippen LogP contribution < -0.4 is 5.32 Å². The zero-order chi connectivity index (χ0) is 8.32. The Morgan fingerprint density at radius 3 is 2.18 bits per heavy atom. The first kappa shape index (κ1) is 8.54. The van der Waals surface area contributed by atoms with Crippen LogP contribution >= 0.6 is 0 Å². The topological polar surface area (TPSA) is 12.0 Å². The van der Waals surface area contributed by atoms with Gasteiger partial charge in [-0.25, -0.2) is 0 Å². The van der Waals surface area contributed by atoms with E-state index in [4.69, 9.17) is 0 Å². The van der Waals surface area contributed by atoms with Crippen molar-refractivity contribution in [1.82, 2.24) is 5.32 Å². The van der Waals surface area contributed by atoms with Crippen molar-refractivity contribution in [3.05, 3.63) is 24.3 Å². The Morgan fingerprint density at radius 2 is 1.73 bits per heavy atom. The number of hydrogen-bond donors (Lipinski definition) is 1. The molecule has 1 rings (SSSR count). The minimum Gasteiger partial charge on any atom is -0.307 e. The molecule has 0 aromatic rings. The maximum absolute atomic E-state index is 3.45. The number of allylic oxidation sites excluding steroid dienone is 2. The van der Waals surface area contributed by atoms with E-state index >= 15 is 0 Å². The monoisotopic (exact) mass is 151 g/mol. The molecule has 1 heteroatoms. The van der Waals surface area contributed by atoms with Gasteiger partial charge in [0.2, 0.25) is 0 Å². The van der Waals surface area contributed by atoms with E-state index in [2.05, 4.69) is 50.4 Å². The number of hydrogen-bond acceptors (Lipinski definition) is 1. The van der Waals surface area contributed by atoms with E-state index in [1.807, 2.05) is 0 Å². The van der Waals surface area contributed by atoms with Gasteiger partial charge in [-0.3, -0.25) is 0 Å². The van der Waals surface area contributed by atoms with Gasteiger partial charge in [-0.1, -0.05) is 45.1 Å². The SMILES string of the molecule is CC(C)(C)CNC1C=CC=C1. The molecule has 0 radical (unpaired) electrons. The lowest BCUT2D eigenvalue weighted by Gasteiger charge is -2.20. The second kappa shape index (κ2) is 3.22. The third-order valence-electron chi connectivity index (χ3n) is 1.62. The molecule has 0 saturated heterocycles. The van der Waals surface area contributed by atoms with Crippen LogP contribution in [0.1, 0.15) is 20.8 Å². The second-order valence-corrected chi connectivity index (χ2v) is 4.24. The van der Waals surface area contributed by atoms with E-state index in [9.17, 15) is 0 Å². The predicted octanol–water partition coefficient (Wildman–Crippen LogP) is 2.12. The van der Waals surface area contributed by atoms with Crippen molar-refractivity contribution in [1.29, 1.82) is 0 Å². The van der Waals surface area contributed by atoms with Crippen molar-refractivity contribution in [3.8, 4) is 0 Å². The molecule has 0 bridgehead atoms. The van der Waals surface area contributed by atoms with Crippen molar-refractivity contribution < 1.29 is 0 Å². The summed E-state index contributed by atoms with van der Waals surface area (Å²) in [5.41, 5.74) is 0.379. The fourth-order valence-corrected chi connectivity index (χ4v) is 0.992. The lowest BCUT2D eigenvalue weighted by Crippen LogP contribution is -2.32. The number of rotatable bonds is 2. The summed E-state index contributed by atoms with van der Waals surface area (Å²) >= 11 is 0. The average molecular weight is 151 g/mol. The quantitative estimate of drug-likeness (QED) is 0.637. The molecule has 0 atom stereocenters. The van der Waals surface area contributed by atoms with Gasteiger partial charge in [-0.2, -0.15) is 0 Å². The van der Waals surface area contributed by atoms with Gasteiger partial charge >= 0.3 is 0 Å². The molecular formula is C10H17N. The van der Waals surface area contributed by atoms with Crippen LogP contribution in [-0.4, -0.2) is 12.6 Å². The van der Waals surface area contributed by atoms with Gasteiger partial charge in [0.05, 0.1) is 0 Å². The molecule has 0 unspecified atom stereocenters. The summed E-state index contributed by atoms with van der Waals surface area (Å²) in [5, 5.41) is 3.45. The highest BCUT2D eigenvalue weighted by atomic mass is 14.9. The molecule has 0 saturated carbocycles. The smallest absolute Gasteiger partial charge is 0.0441 e. The fraction of sp³-hybridized carbons (Fsp3) is 0.600. The van der Waals surface area contributed by atoms with Gasteiger partial charge in [-0.05, 0) is 5.41 Å². The third kappa shape index (κ3) is 3.38. The van der Waals surface area contributed by atoms with E-state index in [0.29, 0.717) is 11.5 Å². The summed E-state index contributed by atoms with van der Waals surface area (Å²) in [6.07, 6.45) is 8.51. The van der Waals surface area contributed by atoms with Crippen molar-refractivity contribution in [2.45, 2.75) is 26.8 Å². The maximum atomic E-state index is 3.45. The van der Waals surface area contributed by atoms with Gasteiger partial charge in [0.1, 0.15) is 0 Å². The van der Waals surface area contributed by atoms with Crippen LogP contribution in [0.5, 0.6) is 0 Å². The van der Waals surface area contributed by atoms with Crippen LogP contribution in [0.2, 0.25) is 0 Å². The van der Waals surface area contributed by atoms with Crippen LogP contribution in [0, 0.1) is 5.41 Å². The Morgan fingerprint density at radius 1 is 1.18 bits per heavy atom. The van der Waals surface area contributed by atoms with Crippen LogP contribution in [-0.2, 0) is 0 Å². The Balaban J connectivity index is 2.23. The Bertz CT molecular complexity index is 160. The first-order valence-electron chi connectivity index (χ1n) is 4.16. The average Bonchev–Trinajstić information content (AvgIpc) is 2.32. The molecule has 1 aliphatic rings. The van der Waals surface area contributed by atoms with E-state index < -0.39 is 0 Å². The molecule has 11 heavy (non-hydrogen) atoms. The number of nitrogens with one attached hydrogen (secondary N) is 1. The van der Waals surface area contributed by atoms with Gasteiger partial charge in [-0.15, -0.1) is 0 Å². The zero-order valence-electron chi connectivity index (χ0n) is 7.59. The molecule has 0 heterocycles. The van der Waals surface area contributed by atoms with Crippen LogP contribution in [0.3, 0.4) is 0 Å². The molecule has 0 aromatic carbocycles. The minimum absolute atomic E-state index is 0.379. The summed E-state index contributed by atoms with van der Waals surface area (Å²) in [4.78, 5) is 0. The van der Waals surface area contributed by atoms with Crippen molar-refractivity contribution in [2.24, 2.45) is 5.41 Å². The van der Waals surface area contributed by atoms with E-state index in [0.717, 1.165) is 6.54 Å². The van der Waals surface area contributed by atoms with E-state index in [-0.39, 0.29) is 0 Å². The summed E-state index contributed by atoms with van der Waals surface area (Å²) in [7, 11) is 0. The van der Waals surface area contributed by atoms with Gasteiger partial charge in [0, 0.05) is 12.6 Å². The van der Waals surface area contributed by atoms with Crippen molar-refractivity contribution in [2.75, 3.05) is 6.54 Å². The Kier molecular flexibility index (Phi) is 2.50. The van der Waals surface area contributed by atoms with Crippen molar-refractivity contribution >= 4 is 0 Å². The molecule has 1 aliphatic carbocycles. The molecule has 0 aliphatic heterocycles. The summed E-state index contributed by atoms with van der Waals surface area (Å²) in [6, 6.07) is 0.467. The molecule has 0 spiro atoms. The normalized spacial score (nSPS) is 18.1. The largest absolute Gasteiger partial charge is 0.307 e. The molecule has 0 aromatic heterocycles. The summed E-state index contributed by atoms with van der Waals surface area (Å²) < 4.78 is 0. The Labute approximate surface area is 69.2 Å². The van der Waals surface area contributed by atoms with Crippen LogP contribution in [0.25, 0.3) is 0 Å². The summed E-state index contributed by atoms with van der Waals surface area (Å²) in [6.45, 7) is 7.78. The highest BCUT2D eigenvalue weighted by Crippen LogP contribution is 2.11. The highest BCUT2D eigenvalue weighted by molar-refractivity contribution is 5.21. The molecule has 1 nitrogen and oxygen atoms in total. The van der Waals surface area contributed by atoms with E-state index in [1.54, 1.807) is 0 Å². The minimum atomic E-state index is 0.379.